The molecule has 2 nitrogen and oxygen atoms in total. The predicted octanol–water partition coefficient (Wildman–Crippen LogP) is 2.99. The van der Waals surface area contributed by atoms with Crippen molar-refractivity contribution < 1.29 is 4.39 Å². The Morgan fingerprint density at radius 3 is 2.71 bits per heavy atom. The van der Waals surface area contributed by atoms with Crippen LogP contribution < -0.4 is 0 Å². The van der Waals surface area contributed by atoms with Gasteiger partial charge in [-0.05, 0) is 34.1 Å². The van der Waals surface area contributed by atoms with Crippen molar-refractivity contribution in [2.45, 2.75) is 0 Å². The molecule has 0 amide bonds. The Bertz CT molecular complexity index is 465. The van der Waals surface area contributed by atoms with Crippen molar-refractivity contribution >= 4 is 15.9 Å². The quantitative estimate of drug-likeness (QED) is 0.765. The maximum atomic E-state index is 12.9. The standard InChI is InChI=1S/C10H8BrFN2/c1-14-9(6-10(11)13-14)7-3-2-4-8(12)5-7/h2-6H,1H3. The number of aromatic nitrogens is 2. The summed E-state index contributed by atoms with van der Waals surface area (Å²) in [6, 6.07) is 8.31. The molecule has 2 aromatic rings. The van der Waals surface area contributed by atoms with Gasteiger partial charge < -0.3 is 0 Å². The average Bonchev–Trinajstić information content (AvgIpc) is 2.45. The first-order chi connectivity index (χ1) is 6.66. The van der Waals surface area contributed by atoms with Gasteiger partial charge in [-0.15, -0.1) is 0 Å². The first kappa shape index (κ1) is 9.40. The minimum Gasteiger partial charge on any atom is -0.267 e. The fourth-order valence-electron chi connectivity index (χ4n) is 1.35. The molecule has 0 unspecified atom stereocenters. The van der Waals surface area contributed by atoms with Gasteiger partial charge in [0.05, 0.1) is 5.69 Å². The summed E-state index contributed by atoms with van der Waals surface area (Å²) < 4.78 is 15.4. The molecule has 4 heteroatoms. The summed E-state index contributed by atoms with van der Waals surface area (Å²) in [7, 11) is 1.82. The highest BCUT2D eigenvalue weighted by molar-refractivity contribution is 9.10. The lowest BCUT2D eigenvalue weighted by atomic mass is 10.1. The molecule has 1 aromatic heterocycles. The number of rotatable bonds is 1. The van der Waals surface area contributed by atoms with Gasteiger partial charge in [0.15, 0.2) is 0 Å². The number of aryl methyl sites for hydroxylation is 1. The Balaban J connectivity index is 2.54. The molecule has 0 fully saturated rings. The summed E-state index contributed by atoms with van der Waals surface area (Å²) in [5.41, 5.74) is 1.71. The fraction of sp³-hybridized carbons (Fsp3) is 0.100. The Morgan fingerprint density at radius 2 is 2.14 bits per heavy atom. The highest BCUT2D eigenvalue weighted by atomic mass is 79.9. The topological polar surface area (TPSA) is 17.8 Å². The highest BCUT2D eigenvalue weighted by Crippen LogP contribution is 2.22. The molecule has 0 radical (unpaired) electrons. The van der Waals surface area contributed by atoms with Gasteiger partial charge in [-0.2, -0.15) is 5.10 Å². The van der Waals surface area contributed by atoms with Crippen molar-refractivity contribution in [1.82, 2.24) is 9.78 Å². The van der Waals surface area contributed by atoms with E-state index < -0.39 is 0 Å². The van der Waals surface area contributed by atoms with Crippen molar-refractivity contribution in [3.63, 3.8) is 0 Å². The molecule has 0 aliphatic carbocycles. The number of benzene rings is 1. The van der Waals surface area contributed by atoms with Crippen LogP contribution in [0.15, 0.2) is 34.9 Å². The zero-order valence-corrected chi connectivity index (χ0v) is 9.12. The monoisotopic (exact) mass is 254 g/mol. The van der Waals surface area contributed by atoms with E-state index in [1.807, 2.05) is 19.2 Å². The zero-order chi connectivity index (χ0) is 10.1. The maximum absolute atomic E-state index is 12.9. The third-order valence-electron chi connectivity index (χ3n) is 1.97. The first-order valence-electron chi connectivity index (χ1n) is 4.12. The van der Waals surface area contributed by atoms with E-state index in [1.54, 1.807) is 10.7 Å². The van der Waals surface area contributed by atoms with E-state index in [1.165, 1.54) is 12.1 Å². The van der Waals surface area contributed by atoms with Crippen molar-refractivity contribution in [3.05, 3.63) is 40.8 Å². The maximum Gasteiger partial charge on any atom is 0.128 e. The van der Waals surface area contributed by atoms with Gasteiger partial charge in [0, 0.05) is 12.6 Å². The average molecular weight is 255 g/mol. The lowest BCUT2D eigenvalue weighted by molar-refractivity contribution is 0.628. The van der Waals surface area contributed by atoms with Crippen LogP contribution in [0.3, 0.4) is 0 Å². The third kappa shape index (κ3) is 1.70. The molecule has 0 atom stereocenters. The van der Waals surface area contributed by atoms with Gasteiger partial charge >= 0.3 is 0 Å². The van der Waals surface area contributed by atoms with E-state index in [2.05, 4.69) is 21.0 Å². The molecule has 1 aromatic carbocycles. The molecule has 0 spiro atoms. The van der Waals surface area contributed by atoms with E-state index in [0.29, 0.717) is 0 Å². The van der Waals surface area contributed by atoms with Crippen LogP contribution >= 0.6 is 15.9 Å². The smallest absolute Gasteiger partial charge is 0.128 e. The van der Waals surface area contributed by atoms with Crippen LogP contribution in [-0.2, 0) is 7.05 Å². The van der Waals surface area contributed by atoms with E-state index in [4.69, 9.17) is 0 Å². The van der Waals surface area contributed by atoms with Crippen molar-refractivity contribution in [2.24, 2.45) is 7.05 Å². The normalized spacial score (nSPS) is 10.5. The summed E-state index contributed by atoms with van der Waals surface area (Å²) >= 11 is 3.27. The van der Waals surface area contributed by atoms with Crippen LogP contribution in [0.25, 0.3) is 11.3 Å². The molecule has 0 saturated heterocycles. The Morgan fingerprint density at radius 1 is 1.36 bits per heavy atom. The molecule has 14 heavy (non-hydrogen) atoms. The Kier molecular flexibility index (Phi) is 2.37. The van der Waals surface area contributed by atoms with Crippen LogP contribution in [0.2, 0.25) is 0 Å². The number of hydrogen-bond donors (Lipinski definition) is 0. The van der Waals surface area contributed by atoms with Crippen LogP contribution in [0.5, 0.6) is 0 Å². The van der Waals surface area contributed by atoms with Crippen molar-refractivity contribution in [1.29, 1.82) is 0 Å². The summed E-state index contributed by atoms with van der Waals surface area (Å²) in [6.45, 7) is 0. The van der Waals surface area contributed by atoms with Crippen molar-refractivity contribution in [2.75, 3.05) is 0 Å². The lowest BCUT2D eigenvalue weighted by Gasteiger charge is -2.00. The number of hydrogen-bond acceptors (Lipinski definition) is 1. The first-order valence-corrected chi connectivity index (χ1v) is 4.91. The van der Waals surface area contributed by atoms with Gasteiger partial charge in [-0.1, -0.05) is 12.1 Å². The van der Waals surface area contributed by atoms with Crippen LogP contribution in [0.1, 0.15) is 0 Å². The molecule has 72 valence electrons. The minimum absolute atomic E-state index is 0.236. The summed E-state index contributed by atoms with van der Waals surface area (Å²) in [6.07, 6.45) is 0. The second-order valence-corrected chi connectivity index (χ2v) is 3.80. The van der Waals surface area contributed by atoms with Gasteiger partial charge in [0.2, 0.25) is 0 Å². The Hall–Kier alpha value is -1.16. The molecular weight excluding hydrogens is 247 g/mol. The summed E-state index contributed by atoms with van der Waals surface area (Å²) in [5, 5.41) is 4.13. The largest absolute Gasteiger partial charge is 0.267 e. The number of nitrogens with zero attached hydrogens (tertiary/aromatic N) is 2. The molecule has 0 aliphatic rings. The second-order valence-electron chi connectivity index (χ2n) is 2.99. The van der Waals surface area contributed by atoms with Crippen LogP contribution in [0, 0.1) is 5.82 Å². The van der Waals surface area contributed by atoms with Gasteiger partial charge in [0.1, 0.15) is 10.4 Å². The molecule has 2 rings (SSSR count). The van der Waals surface area contributed by atoms with E-state index in [9.17, 15) is 4.39 Å². The number of halogens is 2. The minimum atomic E-state index is -0.236. The molecule has 0 aliphatic heterocycles. The molecular formula is C10H8BrFN2. The van der Waals surface area contributed by atoms with Gasteiger partial charge in [-0.25, -0.2) is 4.39 Å². The van der Waals surface area contributed by atoms with Crippen LogP contribution in [-0.4, -0.2) is 9.78 Å². The van der Waals surface area contributed by atoms with E-state index >= 15 is 0 Å². The molecule has 1 heterocycles. The molecule has 0 N–H and O–H groups in total. The Labute approximate surface area is 89.5 Å². The van der Waals surface area contributed by atoms with Gasteiger partial charge in [-0.3, -0.25) is 4.68 Å². The second kappa shape index (κ2) is 3.53. The third-order valence-corrected chi connectivity index (χ3v) is 2.36. The SMILES string of the molecule is Cn1nc(Br)cc1-c1cccc(F)c1. The summed E-state index contributed by atoms with van der Waals surface area (Å²) in [5.74, 6) is -0.236. The van der Waals surface area contributed by atoms with E-state index in [-0.39, 0.29) is 5.82 Å². The zero-order valence-electron chi connectivity index (χ0n) is 7.54. The predicted molar refractivity (Wildman–Crippen MR) is 56.3 cm³/mol. The van der Waals surface area contributed by atoms with E-state index in [0.717, 1.165) is 15.9 Å². The van der Waals surface area contributed by atoms with Crippen molar-refractivity contribution in [3.8, 4) is 11.3 Å². The van der Waals surface area contributed by atoms with Crippen LogP contribution in [0.4, 0.5) is 4.39 Å². The lowest BCUT2D eigenvalue weighted by Crippen LogP contribution is -1.93. The molecule has 0 bridgehead atoms. The fourth-order valence-corrected chi connectivity index (χ4v) is 1.80. The van der Waals surface area contributed by atoms with Gasteiger partial charge in [0.25, 0.3) is 0 Å². The highest BCUT2D eigenvalue weighted by Gasteiger charge is 2.05. The molecule has 0 saturated carbocycles. The summed E-state index contributed by atoms with van der Waals surface area (Å²) in [4.78, 5) is 0.